The fourth-order valence-electron chi connectivity index (χ4n) is 2.01. The first kappa shape index (κ1) is 17.4. The standard InChI is InChI=1S/C17H19FN2O2S/c1-3-23-15-9-4-12(10-19-15)16(21)20-11-17(2,22)13-5-7-14(18)8-6-13/h4-10,22H,3,11H2,1-2H3,(H,20,21). The molecule has 1 unspecified atom stereocenters. The van der Waals surface area contributed by atoms with Crippen LogP contribution in [-0.2, 0) is 5.60 Å². The van der Waals surface area contributed by atoms with E-state index in [1.807, 2.05) is 6.92 Å². The van der Waals surface area contributed by atoms with E-state index in [1.54, 1.807) is 30.8 Å². The van der Waals surface area contributed by atoms with Crippen molar-refractivity contribution < 1.29 is 14.3 Å². The van der Waals surface area contributed by atoms with E-state index in [1.165, 1.54) is 30.5 Å². The molecule has 1 aromatic heterocycles. The summed E-state index contributed by atoms with van der Waals surface area (Å²) in [5.41, 5.74) is -0.318. The van der Waals surface area contributed by atoms with Gasteiger partial charge in [-0.25, -0.2) is 9.37 Å². The van der Waals surface area contributed by atoms with Crippen molar-refractivity contribution in [2.75, 3.05) is 12.3 Å². The quantitative estimate of drug-likeness (QED) is 0.797. The number of hydrogen-bond donors (Lipinski definition) is 2. The molecule has 2 N–H and O–H groups in total. The Morgan fingerprint density at radius 2 is 2.00 bits per heavy atom. The number of aromatic nitrogens is 1. The molecule has 0 bridgehead atoms. The molecule has 1 amide bonds. The highest BCUT2D eigenvalue weighted by molar-refractivity contribution is 7.99. The number of benzene rings is 1. The molecule has 0 saturated carbocycles. The molecule has 4 nitrogen and oxygen atoms in total. The molecule has 1 heterocycles. The lowest BCUT2D eigenvalue weighted by molar-refractivity contribution is 0.0525. The second-order valence-electron chi connectivity index (χ2n) is 5.28. The average Bonchev–Trinajstić information content (AvgIpc) is 2.54. The van der Waals surface area contributed by atoms with Crippen molar-refractivity contribution in [2.45, 2.75) is 24.5 Å². The fraction of sp³-hybridized carbons (Fsp3) is 0.294. The van der Waals surface area contributed by atoms with Crippen LogP contribution in [0, 0.1) is 5.82 Å². The Morgan fingerprint density at radius 3 is 2.57 bits per heavy atom. The second-order valence-corrected chi connectivity index (χ2v) is 6.57. The van der Waals surface area contributed by atoms with Gasteiger partial charge in [-0.05, 0) is 42.5 Å². The zero-order chi connectivity index (χ0) is 16.9. The van der Waals surface area contributed by atoms with Gasteiger partial charge in [0.25, 0.3) is 5.91 Å². The number of halogens is 1. The van der Waals surface area contributed by atoms with Gasteiger partial charge in [-0.3, -0.25) is 4.79 Å². The first-order valence-corrected chi connectivity index (χ1v) is 8.26. The van der Waals surface area contributed by atoms with Crippen LogP contribution in [0.1, 0.15) is 29.8 Å². The van der Waals surface area contributed by atoms with E-state index >= 15 is 0 Å². The lowest BCUT2D eigenvalue weighted by Crippen LogP contribution is -2.38. The van der Waals surface area contributed by atoms with Gasteiger partial charge in [-0.1, -0.05) is 19.1 Å². The van der Waals surface area contributed by atoms with Crippen molar-refractivity contribution in [3.8, 4) is 0 Å². The van der Waals surface area contributed by atoms with Crippen molar-refractivity contribution in [3.63, 3.8) is 0 Å². The third-order valence-electron chi connectivity index (χ3n) is 3.35. The minimum atomic E-state index is -1.28. The minimum Gasteiger partial charge on any atom is -0.384 e. The molecule has 6 heteroatoms. The maximum atomic E-state index is 12.9. The van der Waals surface area contributed by atoms with E-state index in [4.69, 9.17) is 0 Å². The summed E-state index contributed by atoms with van der Waals surface area (Å²) in [6.07, 6.45) is 1.51. The average molecular weight is 334 g/mol. The SMILES string of the molecule is CCSc1ccc(C(=O)NCC(C)(O)c2ccc(F)cc2)cn1. The number of pyridine rings is 1. The van der Waals surface area contributed by atoms with Gasteiger partial charge < -0.3 is 10.4 Å². The highest BCUT2D eigenvalue weighted by atomic mass is 32.2. The maximum absolute atomic E-state index is 12.9. The Labute approximate surface area is 139 Å². The highest BCUT2D eigenvalue weighted by Crippen LogP contribution is 2.20. The number of aliphatic hydroxyl groups is 1. The summed E-state index contributed by atoms with van der Waals surface area (Å²) in [6.45, 7) is 3.62. The molecule has 0 saturated heterocycles. The molecule has 0 aliphatic carbocycles. The van der Waals surface area contributed by atoms with Gasteiger partial charge in [0, 0.05) is 6.20 Å². The summed E-state index contributed by atoms with van der Waals surface area (Å²) in [6, 6.07) is 9.05. The van der Waals surface area contributed by atoms with Crippen molar-refractivity contribution in [3.05, 3.63) is 59.5 Å². The summed E-state index contributed by atoms with van der Waals surface area (Å²) < 4.78 is 12.9. The third-order valence-corrected chi connectivity index (χ3v) is 4.18. The topological polar surface area (TPSA) is 62.2 Å². The second kappa shape index (κ2) is 7.57. The van der Waals surface area contributed by atoms with Gasteiger partial charge in [-0.15, -0.1) is 11.8 Å². The Morgan fingerprint density at radius 1 is 1.30 bits per heavy atom. The number of nitrogens with one attached hydrogen (secondary N) is 1. The van der Waals surface area contributed by atoms with Crippen LogP contribution in [0.25, 0.3) is 0 Å². The molecule has 0 radical (unpaired) electrons. The number of carbonyl (C=O) groups excluding carboxylic acids is 1. The van der Waals surface area contributed by atoms with Crippen LogP contribution in [0.3, 0.4) is 0 Å². The van der Waals surface area contributed by atoms with Crippen molar-refractivity contribution in [2.24, 2.45) is 0 Å². The van der Waals surface area contributed by atoms with Crippen molar-refractivity contribution in [1.82, 2.24) is 10.3 Å². The van der Waals surface area contributed by atoms with E-state index in [2.05, 4.69) is 10.3 Å². The van der Waals surface area contributed by atoms with Gasteiger partial charge in [0.2, 0.25) is 0 Å². The smallest absolute Gasteiger partial charge is 0.252 e. The molecule has 1 atom stereocenters. The number of thioether (sulfide) groups is 1. The molecular formula is C17H19FN2O2S. The Kier molecular flexibility index (Phi) is 5.74. The Hall–Kier alpha value is -1.92. The predicted octanol–water partition coefficient (Wildman–Crippen LogP) is 2.97. The van der Waals surface area contributed by atoms with Gasteiger partial charge in [0.15, 0.2) is 0 Å². The molecule has 0 spiro atoms. The lowest BCUT2D eigenvalue weighted by Gasteiger charge is -2.24. The molecule has 23 heavy (non-hydrogen) atoms. The summed E-state index contributed by atoms with van der Waals surface area (Å²) in [5.74, 6) is 0.233. The van der Waals surface area contributed by atoms with Crippen molar-refractivity contribution in [1.29, 1.82) is 0 Å². The van der Waals surface area contributed by atoms with Gasteiger partial charge >= 0.3 is 0 Å². The number of carbonyl (C=O) groups is 1. The molecule has 0 aliphatic rings. The molecule has 0 aliphatic heterocycles. The van der Waals surface area contributed by atoms with E-state index < -0.39 is 5.60 Å². The minimum absolute atomic E-state index is 0.0168. The van der Waals surface area contributed by atoms with E-state index in [0.717, 1.165) is 10.8 Å². The number of nitrogens with zero attached hydrogens (tertiary/aromatic N) is 1. The Balaban J connectivity index is 1.98. The molecule has 2 aromatic rings. The predicted molar refractivity (Wildman–Crippen MR) is 88.9 cm³/mol. The maximum Gasteiger partial charge on any atom is 0.252 e. The number of hydrogen-bond acceptors (Lipinski definition) is 4. The summed E-state index contributed by atoms with van der Waals surface area (Å²) in [5, 5.41) is 14.0. The van der Waals surface area contributed by atoms with Crippen LogP contribution in [0.4, 0.5) is 4.39 Å². The van der Waals surface area contributed by atoms with Crippen LogP contribution in [0.2, 0.25) is 0 Å². The van der Waals surface area contributed by atoms with Crippen LogP contribution < -0.4 is 5.32 Å². The van der Waals surface area contributed by atoms with Crippen LogP contribution in [-0.4, -0.2) is 28.3 Å². The normalized spacial score (nSPS) is 13.4. The van der Waals surface area contributed by atoms with Crippen LogP contribution in [0.15, 0.2) is 47.6 Å². The van der Waals surface area contributed by atoms with Gasteiger partial charge in [-0.2, -0.15) is 0 Å². The zero-order valence-corrected chi connectivity index (χ0v) is 13.9. The van der Waals surface area contributed by atoms with E-state index in [-0.39, 0.29) is 18.3 Å². The van der Waals surface area contributed by atoms with Gasteiger partial charge in [0.05, 0.1) is 17.1 Å². The van der Waals surface area contributed by atoms with Crippen LogP contribution >= 0.6 is 11.8 Å². The number of rotatable bonds is 6. The molecular weight excluding hydrogens is 315 g/mol. The fourth-order valence-corrected chi connectivity index (χ4v) is 2.60. The Bertz CT molecular complexity index is 657. The third kappa shape index (κ3) is 4.77. The summed E-state index contributed by atoms with van der Waals surface area (Å²) in [4.78, 5) is 16.3. The monoisotopic (exact) mass is 334 g/mol. The lowest BCUT2D eigenvalue weighted by atomic mass is 9.96. The summed E-state index contributed by atoms with van der Waals surface area (Å²) in [7, 11) is 0. The van der Waals surface area contributed by atoms with E-state index in [9.17, 15) is 14.3 Å². The highest BCUT2D eigenvalue weighted by Gasteiger charge is 2.24. The largest absolute Gasteiger partial charge is 0.384 e. The summed E-state index contributed by atoms with van der Waals surface area (Å²) >= 11 is 1.60. The van der Waals surface area contributed by atoms with Crippen LogP contribution in [0.5, 0.6) is 0 Å². The molecule has 1 aromatic carbocycles. The first-order valence-electron chi connectivity index (χ1n) is 7.28. The number of amides is 1. The van der Waals surface area contributed by atoms with Gasteiger partial charge in [0.1, 0.15) is 11.4 Å². The van der Waals surface area contributed by atoms with Crippen molar-refractivity contribution >= 4 is 17.7 Å². The zero-order valence-electron chi connectivity index (χ0n) is 13.0. The first-order chi connectivity index (χ1) is 10.9. The molecule has 2 rings (SSSR count). The van der Waals surface area contributed by atoms with E-state index in [0.29, 0.717) is 11.1 Å². The molecule has 0 fully saturated rings. The molecule has 122 valence electrons.